The molecule has 3 heterocycles. The fourth-order valence-electron chi connectivity index (χ4n) is 4.21. The highest BCUT2D eigenvalue weighted by Gasteiger charge is 2.48. The predicted octanol–water partition coefficient (Wildman–Crippen LogP) is 4.00. The molecule has 3 aromatic rings. The molecule has 0 saturated carbocycles. The van der Waals surface area contributed by atoms with Crippen LogP contribution in [-0.4, -0.2) is 32.8 Å². The Morgan fingerprint density at radius 2 is 2.09 bits per heavy atom. The van der Waals surface area contributed by atoms with Gasteiger partial charge in [0.1, 0.15) is 17.6 Å². The van der Waals surface area contributed by atoms with E-state index in [2.05, 4.69) is 4.98 Å². The number of nitrogens with zero attached hydrogens (tertiary/aromatic N) is 3. The third-order valence-corrected chi connectivity index (χ3v) is 6.41. The number of aromatic nitrogens is 1. The summed E-state index contributed by atoms with van der Waals surface area (Å²) in [6.45, 7) is 1.93. The molecule has 33 heavy (non-hydrogen) atoms. The minimum atomic E-state index is -1.07. The van der Waals surface area contributed by atoms with Gasteiger partial charge in [0.15, 0.2) is 5.13 Å². The van der Waals surface area contributed by atoms with Crippen LogP contribution < -0.4 is 9.64 Å². The average molecular weight is 463 g/mol. The van der Waals surface area contributed by atoms with E-state index in [9.17, 15) is 24.8 Å². The van der Waals surface area contributed by atoms with Gasteiger partial charge >= 0.3 is 5.91 Å². The number of thiazole rings is 1. The van der Waals surface area contributed by atoms with Crippen LogP contribution in [0.3, 0.4) is 0 Å². The molecule has 1 fully saturated rings. The third-order valence-electron chi connectivity index (χ3n) is 5.64. The first kappa shape index (κ1) is 20.8. The van der Waals surface area contributed by atoms with Gasteiger partial charge in [-0.2, -0.15) is 0 Å². The molecule has 0 spiro atoms. The van der Waals surface area contributed by atoms with E-state index in [4.69, 9.17) is 4.74 Å². The Labute approximate surface area is 191 Å². The number of non-ortho nitro benzene ring substituents is 1. The molecule has 0 unspecified atom stereocenters. The van der Waals surface area contributed by atoms with E-state index in [0.717, 1.165) is 16.9 Å². The lowest BCUT2D eigenvalue weighted by atomic mass is 9.94. The number of nitro groups is 1. The Kier molecular flexibility index (Phi) is 4.94. The largest absolute Gasteiger partial charge is 0.507 e. The number of hydrogen-bond donors (Lipinski definition) is 1. The quantitative estimate of drug-likeness (QED) is 0.204. The van der Waals surface area contributed by atoms with Crippen molar-refractivity contribution in [2.75, 3.05) is 4.90 Å². The first-order valence-electron chi connectivity index (χ1n) is 10.1. The van der Waals surface area contributed by atoms with Crippen LogP contribution in [0.15, 0.2) is 59.6 Å². The second-order valence-electron chi connectivity index (χ2n) is 7.79. The second-order valence-corrected chi connectivity index (χ2v) is 8.66. The fourth-order valence-corrected chi connectivity index (χ4v) is 4.88. The van der Waals surface area contributed by atoms with Crippen molar-refractivity contribution in [3.8, 4) is 5.75 Å². The highest BCUT2D eigenvalue weighted by Crippen LogP contribution is 2.43. The van der Waals surface area contributed by atoms with Crippen LogP contribution in [0.25, 0.3) is 5.76 Å². The van der Waals surface area contributed by atoms with Gasteiger partial charge < -0.3 is 9.84 Å². The SMILES string of the molecule is C[C@H]1Cc2cc(C(O)=C3C(=O)C(=O)N(c4nccs4)[C@@H]3c3cccc([N+](=O)[O-])c3)ccc2O1. The molecule has 0 aliphatic carbocycles. The number of aliphatic hydroxyl groups is 1. The maximum atomic E-state index is 13.1. The molecule has 9 nitrogen and oxygen atoms in total. The molecule has 2 aliphatic heterocycles. The molecule has 0 bridgehead atoms. The Hall–Kier alpha value is -4.05. The Bertz CT molecular complexity index is 1330. The number of anilines is 1. The van der Waals surface area contributed by atoms with E-state index in [1.807, 2.05) is 6.92 Å². The van der Waals surface area contributed by atoms with Gasteiger partial charge in [0.05, 0.1) is 16.5 Å². The van der Waals surface area contributed by atoms with Gasteiger partial charge in [-0.1, -0.05) is 12.1 Å². The van der Waals surface area contributed by atoms with E-state index in [1.165, 1.54) is 29.3 Å². The summed E-state index contributed by atoms with van der Waals surface area (Å²) >= 11 is 1.15. The fraction of sp³-hybridized carbons (Fsp3) is 0.174. The number of carbonyl (C=O) groups excluding carboxylic acids is 2. The molecule has 166 valence electrons. The zero-order chi connectivity index (χ0) is 23.3. The smallest absolute Gasteiger partial charge is 0.301 e. The van der Waals surface area contributed by atoms with Crippen molar-refractivity contribution in [1.82, 2.24) is 4.98 Å². The van der Waals surface area contributed by atoms with Gasteiger partial charge in [0.2, 0.25) is 0 Å². The summed E-state index contributed by atoms with van der Waals surface area (Å²) in [5, 5.41) is 24.5. The molecule has 2 aliphatic rings. The molecule has 0 radical (unpaired) electrons. The van der Waals surface area contributed by atoms with Gasteiger partial charge in [-0.3, -0.25) is 24.6 Å². The van der Waals surface area contributed by atoms with Crippen molar-refractivity contribution in [2.45, 2.75) is 25.5 Å². The predicted molar refractivity (Wildman–Crippen MR) is 120 cm³/mol. The van der Waals surface area contributed by atoms with Crippen LogP contribution in [-0.2, 0) is 16.0 Å². The minimum Gasteiger partial charge on any atom is -0.507 e. The number of Topliss-reactive ketones (excluding diaryl/α,β-unsaturated/α-hetero) is 1. The van der Waals surface area contributed by atoms with E-state index in [-0.39, 0.29) is 28.3 Å². The van der Waals surface area contributed by atoms with Gasteiger partial charge in [-0.25, -0.2) is 4.98 Å². The summed E-state index contributed by atoms with van der Waals surface area (Å²) in [5.41, 5.74) is 1.22. The number of ketones is 1. The standard InChI is InChI=1S/C23H17N3O6S/c1-12-9-15-10-14(5-6-17(15)32-12)20(27)18-19(13-3-2-4-16(11-13)26(30)31)25(22(29)21(18)28)23-24-7-8-33-23/h2-8,10-12,19,27H,9H2,1H3/t12-,19+/m0/s1. The van der Waals surface area contributed by atoms with Crippen molar-refractivity contribution in [3.05, 3.63) is 86.4 Å². The van der Waals surface area contributed by atoms with Crippen molar-refractivity contribution in [2.24, 2.45) is 0 Å². The van der Waals surface area contributed by atoms with Crippen molar-refractivity contribution >= 4 is 39.6 Å². The second kappa shape index (κ2) is 7.82. The normalized spacial score (nSPS) is 21.2. The molecule has 5 rings (SSSR count). The molecule has 1 aromatic heterocycles. The zero-order valence-corrected chi connectivity index (χ0v) is 18.1. The molecule has 2 aromatic carbocycles. The number of amides is 1. The van der Waals surface area contributed by atoms with Crippen LogP contribution in [0.2, 0.25) is 0 Å². The van der Waals surface area contributed by atoms with Gasteiger partial charge in [-0.15, -0.1) is 11.3 Å². The van der Waals surface area contributed by atoms with Crippen molar-refractivity contribution < 1.29 is 24.4 Å². The van der Waals surface area contributed by atoms with Crippen LogP contribution in [0.4, 0.5) is 10.8 Å². The summed E-state index contributed by atoms with van der Waals surface area (Å²) in [7, 11) is 0. The Morgan fingerprint density at radius 1 is 1.27 bits per heavy atom. The topological polar surface area (TPSA) is 123 Å². The summed E-state index contributed by atoms with van der Waals surface area (Å²) in [5.74, 6) is -1.39. The van der Waals surface area contributed by atoms with Crippen molar-refractivity contribution in [1.29, 1.82) is 0 Å². The number of fused-ring (bicyclic) bond motifs is 1. The first-order chi connectivity index (χ1) is 15.8. The van der Waals surface area contributed by atoms with Crippen LogP contribution >= 0.6 is 11.3 Å². The first-order valence-corrected chi connectivity index (χ1v) is 11.0. The monoisotopic (exact) mass is 463 g/mol. The zero-order valence-electron chi connectivity index (χ0n) is 17.3. The molecule has 2 atom stereocenters. The molecule has 1 saturated heterocycles. The lowest BCUT2D eigenvalue weighted by Gasteiger charge is -2.22. The summed E-state index contributed by atoms with van der Waals surface area (Å²) in [6, 6.07) is 9.66. The number of nitro benzene ring substituents is 1. The molecule has 1 amide bonds. The minimum absolute atomic E-state index is 0.00209. The van der Waals surface area contributed by atoms with Crippen molar-refractivity contribution in [3.63, 3.8) is 0 Å². The van der Waals surface area contributed by atoms with E-state index in [0.29, 0.717) is 23.3 Å². The van der Waals surface area contributed by atoms with E-state index in [1.54, 1.807) is 29.6 Å². The summed E-state index contributed by atoms with van der Waals surface area (Å²) < 4.78 is 5.70. The Balaban J connectivity index is 1.70. The maximum absolute atomic E-state index is 13.1. The van der Waals surface area contributed by atoms with Crippen LogP contribution in [0.5, 0.6) is 5.75 Å². The van der Waals surface area contributed by atoms with E-state index >= 15 is 0 Å². The molecular formula is C23H17N3O6S. The van der Waals surface area contributed by atoms with Gasteiger partial charge in [0, 0.05) is 35.7 Å². The summed E-state index contributed by atoms with van der Waals surface area (Å²) in [4.78, 5) is 42.3. The number of ether oxygens (including phenoxy) is 1. The van der Waals surface area contributed by atoms with Gasteiger partial charge in [-0.05, 0) is 36.2 Å². The molecule has 1 N–H and O–H groups in total. The number of rotatable bonds is 4. The third kappa shape index (κ3) is 3.44. The number of hydrogen-bond acceptors (Lipinski definition) is 8. The highest BCUT2D eigenvalue weighted by atomic mass is 32.1. The maximum Gasteiger partial charge on any atom is 0.301 e. The lowest BCUT2D eigenvalue weighted by Crippen LogP contribution is -2.29. The number of benzene rings is 2. The van der Waals surface area contributed by atoms with Gasteiger partial charge in [0.25, 0.3) is 11.5 Å². The molecular weight excluding hydrogens is 446 g/mol. The highest BCUT2D eigenvalue weighted by molar-refractivity contribution is 7.14. The Morgan fingerprint density at radius 3 is 2.82 bits per heavy atom. The number of aliphatic hydroxyl groups excluding tert-OH is 1. The summed E-state index contributed by atoms with van der Waals surface area (Å²) in [6.07, 6.45) is 2.14. The average Bonchev–Trinajstić information content (AvgIpc) is 3.51. The van der Waals surface area contributed by atoms with Crippen LogP contribution in [0, 0.1) is 10.1 Å². The van der Waals surface area contributed by atoms with Crippen LogP contribution in [0.1, 0.15) is 29.7 Å². The lowest BCUT2D eigenvalue weighted by molar-refractivity contribution is -0.384. The van der Waals surface area contributed by atoms with E-state index < -0.39 is 22.7 Å². The molecule has 10 heteroatoms. The number of carbonyl (C=O) groups is 2.